The fourth-order valence-electron chi connectivity index (χ4n) is 1.15. The third-order valence-corrected chi connectivity index (χ3v) is 2.14. The number of nitrogens with zero attached hydrogens (tertiary/aromatic N) is 3. The van der Waals surface area contributed by atoms with Crippen LogP contribution in [0.2, 0.25) is 0 Å². The lowest BCUT2D eigenvalue weighted by atomic mass is 10.4. The van der Waals surface area contributed by atoms with E-state index in [0.717, 1.165) is 18.2 Å². The number of hydrogen-bond acceptors (Lipinski definition) is 1. The van der Waals surface area contributed by atoms with Crippen LogP contribution in [0, 0.1) is 0 Å². The molecule has 1 aliphatic rings. The highest BCUT2D eigenvalue weighted by Gasteiger charge is 2.13. The standard InChI is InChI=1S/C8H15N3S/c1-10(2)7-9-8(12)11-5-3-4-6-11/h7H,3-6H2,1-2H3/b9-7+. The minimum atomic E-state index is 0.723. The number of likely N-dealkylation sites (tertiary alicyclic amines) is 1. The Morgan fingerprint density at radius 3 is 2.50 bits per heavy atom. The first-order chi connectivity index (χ1) is 5.70. The van der Waals surface area contributed by atoms with Crippen molar-refractivity contribution in [1.29, 1.82) is 0 Å². The molecule has 68 valence electrons. The number of rotatable bonds is 1. The summed E-state index contributed by atoms with van der Waals surface area (Å²) in [4.78, 5) is 8.20. The first-order valence-electron chi connectivity index (χ1n) is 4.19. The van der Waals surface area contributed by atoms with Crippen LogP contribution in [-0.4, -0.2) is 48.4 Å². The SMILES string of the molecule is CN(C)/C=N/C(=S)N1CCCC1. The highest BCUT2D eigenvalue weighted by Crippen LogP contribution is 2.08. The summed E-state index contributed by atoms with van der Waals surface area (Å²) in [6.45, 7) is 2.15. The molecule has 0 N–H and O–H groups in total. The van der Waals surface area contributed by atoms with Crippen molar-refractivity contribution in [2.75, 3.05) is 27.2 Å². The maximum atomic E-state index is 5.13. The van der Waals surface area contributed by atoms with Crippen molar-refractivity contribution in [3.05, 3.63) is 0 Å². The lowest BCUT2D eigenvalue weighted by molar-refractivity contribution is 0.523. The molecule has 1 heterocycles. The molecule has 0 radical (unpaired) electrons. The van der Waals surface area contributed by atoms with E-state index in [0.29, 0.717) is 0 Å². The maximum Gasteiger partial charge on any atom is 0.196 e. The van der Waals surface area contributed by atoms with E-state index in [-0.39, 0.29) is 0 Å². The number of thiocarbonyl (C=S) groups is 1. The monoisotopic (exact) mass is 185 g/mol. The second-order valence-corrected chi connectivity index (χ2v) is 3.55. The van der Waals surface area contributed by atoms with Gasteiger partial charge in [0.15, 0.2) is 5.11 Å². The zero-order valence-corrected chi connectivity index (χ0v) is 8.47. The van der Waals surface area contributed by atoms with Crippen molar-refractivity contribution in [3.63, 3.8) is 0 Å². The van der Waals surface area contributed by atoms with Gasteiger partial charge < -0.3 is 9.80 Å². The Balaban J connectivity index is 2.36. The van der Waals surface area contributed by atoms with Crippen LogP contribution in [0.25, 0.3) is 0 Å². The highest BCUT2D eigenvalue weighted by molar-refractivity contribution is 7.80. The molecule has 0 aliphatic carbocycles. The van der Waals surface area contributed by atoms with E-state index in [2.05, 4.69) is 9.89 Å². The molecular weight excluding hydrogens is 170 g/mol. The zero-order valence-electron chi connectivity index (χ0n) is 7.66. The summed E-state index contributed by atoms with van der Waals surface area (Å²) >= 11 is 5.13. The molecule has 1 rings (SSSR count). The van der Waals surface area contributed by atoms with Crippen LogP contribution in [0.3, 0.4) is 0 Å². The lowest BCUT2D eigenvalue weighted by Gasteiger charge is -2.14. The molecule has 3 nitrogen and oxygen atoms in total. The van der Waals surface area contributed by atoms with Gasteiger partial charge in [0, 0.05) is 27.2 Å². The second-order valence-electron chi connectivity index (χ2n) is 3.18. The fraction of sp³-hybridized carbons (Fsp3) is 0.750. The molecular formula is C8H15N3S. The van der Waals surface area contributed by atoms with Crippen molar-refractivity contribution in [3.8, 4) is 0 Å². The van der Waals surface area contributed by atoms with Gasteiger partial charge in [0.2, 0.25) is 0 Å². The quantitative estimate of drug-likeness (QED) is 0.344. The van der Waals surface area contributed by atoms with Gasteiger partial charge in [-0.25, -0.2) is 4.99 Å². The first kappa shape index (κ1) is 9.45. The summed E-state index contributed by atoms with van der Waals surface area (Å²) < 4.78 is 0. The predicted octanol–water partition coefficient (Wildman–Crippen LogP) is 0.957. The van der Waals surface area contributed by atoms with E-state index in [1.165, 1.54) is 12.8 Å². The van der Waals surface area contributed by atoms with Gasteiger partial charge in [-0.2, -0.15) is 0 Å². The van der Waals surface area contributed by atoms with E-state index < -0.39 is 0 Å². The van der Waals surface area contributed by atoms with Gasteiger partial charge in [0.05, 0.1) is 6.34 Å². The minimum Gasteiger partial charge on any atom is -0.369 e. The summed E-state index contributed by atoms with van der Waals surface area (Å²) in [5, 5.41) is 0.723. The van der Waals surface area contributed by atoms with E-state index in [4.69, 9.17) is 12.2 Å². The van der Waals surface area contributed by atoms with Crippen LogP contribution in [-0.2, 0) is 0 Å². The molecule has 1 saturated heterocycles. The van der Waals surface area contributed by atoms with Crippen LogP contribution in [0.15, 0.2) is 4.99 Å². The van der Waals surface area contributed by atoms with Crippen LogP contribution < -0.4 is 0 Å². The van der Waals surface area contributed by atoms with Crippen molar-refractivity contribution < 1.29 is 0 Å². The third kappa shape index (κ3) is 2.77. The van der Waals surface area contributed by atoms with Gasteiger partial charge in [0.1, 0.15) is 0 Å². The average molecular weight is 185 g/mol. The molecule has 1 fully saturated rings. The normalized spacial score (nSPS) is 17.3. The van der Waals surface area contributed by atoms with Gasteiger partial charge >= 0.3 is 0 Å². The van der Waals surface area contributed by atoms with Crippen LogP contribution in [0.1, 0.15) is 12.8 Å². The van der Waals surface area contributed by atoms with E-state index >= 15 is 0 Å². The average Bonchev–Trinajstić information content (AvgIpc) is 2.51. The molecule has 4 heteroatoms. The van der Waals surface area contributed by atoms with Crippen molar-refractivity contribution in [2.45, 2.75) is 12.8 Å². The van der Waals surface area contributed by atoms with E-state index in [1.807, 2.05) is 19.0 Å². The van der Waals surface area contributed by atoms with Crippen LogP contribution in [0.5, 0.6) is 0 Å². The van der Waals surface area contributed by atoms with Crippen LogP contribution in [0.4, 0.5) is 0 Å². The Morgan fingerprint density at radius 2 is 2.00 bits per heavy atom. The summed E-state index contributed by atoms with van der Waals surface area (Å²) in [5.74, 6) is 0. The Morgan fingerprint density at radius 1 is 1.42 bits per heavy atom. The van der Waals surface area contributed by atoms with Gasteiger partial charge in [-0.3, -0.25) is 0 Å². The van der Waals surface area contributed by atoms with Gasteiger partial charge in [0.25, 0.3) is 0 Å². The fourth-order valence-corrected chi connectivity index (χ4v) is 1.38. The summed E-state index contributed by atoms with van der Waals surface area (Å²) in [6, 6.07) is 0. The molecule has 0 spiro atoms. The van der Waals surface area contributed by atoms with E-state index in [1.54, 1.807) is 6.34 Å². The zero-order chi connectivity index (χ0) is 8.97. The molecule has 0 unspecified atom stereocenters. The first-order valence-corrected chi connectivity index (χ1v) is 4.60. The van der Waals surface area contributed by atoms with Gasteiger partial charge in [-0.15, -0.1) is 0 Å². The molecule has 1 aliphatic heterocycles. The molecule has 0 aromatic rings. The smallest absolute Gasteiger partial charge is 0.196 e. The molecule has 0 aromatic carbocycles. The molecule has 0 amide bonds. The Hall–Kier alpha value is -0.640. The van der Waals surface area contributed by atoms with E-state index in [9.17, 15) is 0 Å². The summed E-state index contributed by atoms with van der Waals surface area (Å²) in [7, 11) is 3.88. The summed E-state index contributed by atoms with van der Waals surface area (Å²) in [5.41, 5.74) is 0. The Kier molecular flexibility index (Phi) is 3.47. The predicted molar refractivity (Wildman–Crippen MR) is 55.6 cm³/mol. The number of aliphatic imine (C=N–C) groups is 1. The lowest BCUT2D eigenvalue weighted by Crippen LogP contribution is -2.25. The van der Waals surface area contributed by atoms with Crippen molar-refractivity contribution in [2.24, 2.45) is 4.99 Å². The molecule has 12 heavy (non-hydrogen) atoms. The number of hydrogen-bond donors (Lipinski definition) is 0. The van der Waals surface area contributed by atoms with Crippen LogP contribution >= 0.6 is 12.2 Å². The second kappa shape index (κ2) is 4.40. The topological polar surface area (TPSA) is 18.8 Å². The van der Waals surface area contributed by atoms with Gasteiger partial charge in [-0.05, 0) is 25.1 Å². The molecule has 0 atom stereocenters. The molecule has 0 aromatic heterocycles. The minimum absolute atomic E-state index is 0.723. The third-order valence-electron chi connectivity index (χ3n) is 1.78. The Labute approximate surface area is 79.1 Å². The largest absolute Gasteiger partial charge is 0.369 e. The maximum absolute atomic E-state index is 5.13. The molecule has 0 bridgehead atoms. The highest BCUT2D eigenvalue weighted by atomic mass is 32.1. The Bertz CT molecular complexity index is 183. The molecule has 0 saturated carbocycles. The van der Waals surface area contributed by atoms with Gasteiger partial charge in [-0.1, -0.05) is 0 Å². The van der Waals surface area contributed by atoms with Crippen molar-refractivity contribution in [1.82, 2.24) is 9.80 Å². The van der Waals surface area contributed by atoms with Crippen molar-refractivity contribution >= 4 is 23.7 Å². The summed E-state index contributed by atoms with van der Waals surface area (Å²) in [6.07, 6.45) is 4.25.